The Kier molecular flexibility index (Phi) is 13.1. The maximum absolute atomic E-state index is 11.3. The molecule has 0 aliphatic heterocycles. The molecule has 2 N–H and O–H groups in total. The van der Waals surface area contributed by atoms with Crippen molar-refractivity contribution in [2.75, 3.05) is 14.2 Å². The molecule has 4 aromatic rings. The van der Waals surface area contributed by atoms with Gasteiger partial charge in [0.25, 0.3) is 0 Å². The van der Waals surface area contributed by atoms with Gasteiger partial charge in [-0.3, -0.25) is 9.97 Å². The Balaban J connectivity index is 0. The summed E-state index contributed by atoms with van der Waals surface area (Å²) in [6, 6.07) is 7.36. The number of aromatic nitrogens is 2. The van der Waals surface area contributed by atoms with Gasteiger partial charge in [0.2, 0.25) is 0 Å². The van der Waals surface area contributed by atoms with Crippen molar-refractivity contribution < 1.29 is 50.7 Å². The van der Waals surface area contributed by atoms with Gasteiger partial charge in [-0.05, 0) is 40.6 Å². The second-order valence-electron chi connectivity index (χ2n) is 4.75. The van der Waals surface area contributed by atoms with Gasteiger partial charge in [0.15, 0.2) is 0 Å². The summed E-state index contributed by atoms with van der Waals surface area (Å²) in [6.45, 7) is 0.0968. The minimum atomic E-state index is -0.310. The van der Waals surface area contributed by atoms with Crippen LogP contribution in [0.2, 0.25) is 0 Å². The molecule has 4 heterocycles. The fourth-order valence-corrected chi connectivity index (χ4v) is 3.91. The van der Waals surface area contributed by atoms with E-state index in [1.54, 1.807) is 29.8 Å². The van der Waals surface area contributed by atoms with E-state index in [-0.39, 0.29) is 52.0 Å². The van der Waals surface area contributed by atoms with Gasteiger partial charge in [-0.2, -0.15) is 0 Å². The van der Waals surface area contributed by atoms with Crippen LogP contribution in [0.15, 0.2) is 47.4 Å². The van der Waals surface area contributed by atoms with E-state index >= 15 is 0 Å². The first-order chi connectivity index (χ1) is 12.7. The van der Waals surface area contributed by atoms with Crippen molar-refractivity contribution in [1.82, 2.24) is 9.97 Å². The zero-order valence-electron chi connectivity index (χ0n) is 16.8. The van der Waals surface area contributed by atoms with Crippen LogP contribution in [0.1, 0.15) is 17.3 Å². The molecule has 6 nitrogen and oxygen atoms in total. The van der Waals surface area contributed by atoms with E-state index in [1.807, 2.05) is 29.0 Å². The van der Waals surface area contributed by atoms with Gasteiger partial charge in [0.1, 0.15) is 0 Å². The molecule has 4 aromatic heterocycles. The van der Waals surface area contributed by atoms with Crippen molar-refractivity contribution in [1.29, 1.82) is 0 Å². The first-order valence-electron chi connectivity index (χ1n) is 7.51. The molecule has 0 atom stereocenters. The molecule has 4 rings (SSSR count). The zero-order valence-corrected chi connectivity index (χ0v) is 19.5. The first-order valence-corrected chi connectivity index (χ1v) is 9.27. The van der Waals surface area contributed by atoms with E-state index < -0.39 is 0 Å². The van der Waals surface area contributed by atoms with Gasteiger partial charge in [-0.25, -0.2) is 4.79 Å². The van der Waals surface area contributed by atoms with Crippen LogP contribution in [-0.4, -0.2) is 48.8 Å². The number of thiophene rings is 2. The summed E-state index contributed by atoms with van der Waals surface area (Å²) in [7, 11) is 2.38. The summed E-state index contributed by atoms with van der Waals surface area (Å²) in [4.78, 5) is 19.6. The molecular formula is C18H19BN2NaO4S2. The number of fused-ring (bicyclic) bond motifs is 2. The van der Waals surface area contributed by atoms with Crippen LogP contribution in [0.5, 0.6) is 0 Å². The fourth-order valence-electron chi connectivity index (χ4n) is 2.20. The molecule has 0 spiro atoms. The SMILES string of the molecule is CO.COC(=O)c1ccnc2ccsc12.OCc1ccnc2ccsc12.[B].[H-].[Na+]. The number of aliphatic hydroxyl groups is 2. The van der Waals surface area contributed by atoms with Crippen LogP contribution < -0.4 is 29.6 Å². The van der Waals surface area contributed by atoms with E-state index in [1.165, 1.54) is 18.4 Å². The number of aliphatic hydroxyl groups excluding tert-OH is 2. The molecule has 0 bridgehead atoms. The molecule has 0 saturated heterocycles. The minimum absolute atomic E-state index is 0. The fraction of sp³-hybridized carbons (Fsp3) is 0.167. The molecule has 0 aliphatic rings. The predicted octanol–water partition coefficient (Wildman–Crippen LogP) is 0.216. The van der Waals surface area contributed by atoms with Crippen LogP contribution in [0.25, 0.3) is 20.4 Å². The van der Waals surface area contributed by atoms with Crippen molar-refractivity contribution >= 4 is 57.5 Å². The van der Waals surface area contributed by atoms with Crippen molar-refractivity contribution in [3.63, 3.8) is 0 Å². The Labute approximate surface area is 196 Å². The Bertz CT molecular complexity index is 1000. The standard InChI is InChI=1S/C9H7NO2S.C8H7NOS.CH4O.B.Na.H/c1-12-9(11)6-2-4-10-7-3-5-13-8(6)7;10-5-6-1-3-9-7-2-4-11-8(6)7;1-2;;;/h2-5H,1H3;1-4,10H,5H2;2H,1H3;;;/q;;;;+1;-1. The number of carbonyl (C=O) groups excluding carboxylic acids is 1. The molecule has 3 radical (unpaired) electrons. The Morgan fingerprint density at radius 1 is 1.04 bits per heavy atom. The van der Waals surface area contributed by atoms with Crippen molar-refractivity contribution in [2.45, 2.75) is 6.61 Å². The molecule has 28 heavy (non-hydrogen) atoms. The second kappa shape index (κ2) is 13.8. The van der Waals surface area contributed by atoms with E-state index in [0.29, 0.717) is 5.56 Å². The zero-order chi connectivity index (χ0) is 18.9. The molecule has 10 heteroatoms. The molecule has 0 aliphatic carbocycles. The number of nitrogens with zero attached hydrogens (tertiary/aromatic N) is 2. The molecule has 141 valence electrons. The number of rotatable bonds is 2. The third kappa shape index (κ3) is 6.35. The van der Waals surface area contributed by atoms with Crippen LogP contribution >= 0.6 is 22.7 Å². The van der Waals surface area contributed by atoms with Crippen molar-refractivity contribution in [3.8, 4) is 0 Å². The summed E-state index contributed by atoms with van der Waals surface area (Å²) in [6.07, 6.45) is 3.34. The number of hydrogen-bond acceptors (Lipinski definition) is 8. The number of pyridine rings is 2. The van der Waals surface area contributed by atoms with Gasteiger partial charge in [0, 0.05) is 27.9 Å². The Morgan fingerprint density at radius 3 is 2.14 bits per heavy atom. The summed E-state index contributed by atoms with van der Waals surface area (Å²) >= 11 is 3.11. The van der Waals surface area contributed by atoms with Gasteiger partial charge in [-0.1, -0.05) is 0 Å². The normalized spacial score (nSPS) is 9.14. The van der Waals surface area contributed by atoms with Crippen LogP contribution in [0.3, 0.4) is 0 Å². The Hall–Kier alpha value is -1.33. The van der Waals surface area contributed by atoms with Gasteiger partial charge in [-0.15, -0.1) is 22.7 Å². The topological polar surface area (TPSA) is 92.5 Å². The summed E-state index contributed by atoms with van der Waals surface area (Å²) < 4.78 is 6.63. The quantitative estimate of drug-likeness (QED) is 0.353. The third-order valence-electron chi connectivity index (χ3n) is 3.34. The molecule has 0 unspecified atom stereocenters. The van der Waals surface area contributed by atoms with Crippen molar-refractivity contribution in [2.24, 2.45) is 0 Å². The van der Waals surface area contributed by atoms with Crippen LogP contribution in [-0.2, 0) is 11.3 Å². The smallest absolute Gasteiger partial charge is 1.00 e. The molecule has 0 amide bonds. The van der Waals surface area contributed by atoms with E-state index in [4.69, 9.17) is 10.2 Å². The van der Waals surface area contributed by atoms with Crippen LogP contribution in [0, 0.1) is 0 Å². The number of carbonyl (C=O) groups is 1. The van der Waals surface area contributed by atoms with E-state index in [9.17, 15) is 4.79 Å². The van der Waals surface area contributed by atoms with E-state index in [2.05, 4.69) is 14.7 Å². The number of methoxy groups -OCH3 is 1. The maximum atomic E-state index is 11.3. The van der Waals surface area contributed by atoms with Gasteiger partial charge >= 0.3 is 35.5 Å². The average Bonchev–Trinajstić information content (AvgIpc) is 3.37. The monoisotopic (exact) mass is 425 g/mol. The van der Waals surface area contributed by atoms with Gasteiger partial charge in [0.05, 0.1) is 39.7 Å². The van der Waals surface area contributed by atoms with Crippen LogP contribution in [0.4, 0.5) is 0 Å². The minimum Gasteiger partial charge on any atom is -1.00 e. The molecule has 0 aromatic carbocycles. The number of esters is 1. The molecular weight excluding hydrogens is 406 g/mol. The predicted molar refractivity (Wildman–Crippen MR) is 112 cm³/mol. The molecule has 0 fully saturated rings. The largest absolute Gasteiger partial charge is 1.00 e. The van der Waals surface area contributed by atoms with Gasteiger partial charge < -0.3 is 16.4 Å². The third-order valence-corrected chi connectivity index (χ3v) is 5.26. The number of ether oxygens (including phenoxy) is 1. The Morgan fingerprint density at radius 2 is 1.57 bits per heavy atom. The second-order valence-corrected chi connectivity index (χ2v) is 6.58. The summed E-state index contributed by atoms with van der Waals surface area (Å²) in [5.74, 6) is -0.310. The summed E-state index contributed by atoms with van der Waals surface area (Å²) in [5, 5.41) is 19.8. The number of hydrogen-bond donors (Lipinski definition) is 2. The molecule has 0 saturated carbocycles. The van der Waals surface area contributed by atoms with E-state index in [0.717, 1.165) is 33.1 Å². The van der Waals surface area contributed by atoms with Crippen molar-refractivity contribution in [3.05, 3.63) is 58.5 Å². The maximum Gasteiger partial charge on any atom is 1.00 e. The first kappa shape index (κ1) is 26.7. The average molecular weight is 425 g/mol. The summed E-state index contributed by atoms with van der Waals surface area (Å²) in [5.41, 5.74) is 3.36.